The van der Waals surface area contributed by atoms with Crippen LogP contribution >= 0.6 is 0 Å². The summed E-state index contributed by atoms with van der Waals surface area (Å²) >= 11 is 0. The summed E-state index contributed by atoms with van der Waals surface area (Å²) in [6.07, 6.45) is 0.983. The number of anilines is 1. The lowest BCUT2D eigenvalue weighted by molar-refractivity contribution is -0.117. The van der Waals surface area contributed by atoms with Crippen LogP contribution in [0.2, 0.25) is 0 Å². The van der Waals surface area contributed by atoms with E-state index in [1.54, 1.807) is 0 Å². The average Bonchev–Trinajstić information content (AvgIpc) is 2.69. The maximum atomic E-state index is 11.9. The molecule has 4 nitrogen and oxygen atoms in total. The highest BCUT2D eigenvalue weighted by atomic mass is 16.2. The molecule has 18 heavy (non-hydrogen) atoms. The largest absolute Gasteiger partial charge is 0.326 e. The number of rotatable bonds is 3. The molecule has 1 aliphatic heterocycles. The highest BCUT2D eigenvalue weighted by Crippen LogP contribution is 2.14. The third kappa shape index (κ3) is 3.31. The number of carbonyl (C=O) groups excluding carboxylic acids is 1. The Bertz CT molecular complexity index is 445. The van der Waals surface area contributed by atoms with Gasteiger partial charge in [0, 0.05) is 24.8 Å². The number of amides is 1. The molecule has 4 heteroatoms. The fourth-order valence-corrected chi connectivity index (χ4v) is 2.23. The highest BCUT2D eigenvalue weighted by Gasteiger charge is 2.20. The number of carbonyl (C=O) groups is 1. The first kappa shape index (κ1) is 13.1. The second-order valence-corrected chi connectivity index (χ2v) is 5.13. The van der Waals surface area contributed by atoms with Crippen molar-refractivity contribution in [3.63, 3.8) is 0 Å². The van der Waals surface area contributed by atoms with Gasteiger partial charge in [0.25, 0.3) is 0 Å². The lowest BCUT2D eigenvalue weighted by Gasteiger charge is -2.15. The molecule has 0 aliphatic carbocycles. The predicted molar refractivity (Wildman–Crippen MR) is 73.6 cm³/mol. The van der Waals surface area contributed by atoms with Crippen LogP contribution in [-0.2, 0) is 4.79 Å². The molecule has 0 saturated carbocycles. The summed E-state index contributed by atoms with van der Waals surface area (Å²) in [5.74, 6) is 0.0346. The van der Waals surface area contributed by atoms with Gasteiger partial charge in [0.15, 0.2) is 0 Å². The number of likely N-dealkylation sites (tertiary alicyclic amines) is 1. The van der Waals surface area contributed by atoms with Crippen LogP contribution in [0.5, 0.6) is 0 Å². The summed E-state index contributed by atoms with van der Waals surface area (Å²) in [6.45, 7) is 6.28. The fourth-order valence-electron chi connectivity index (χ4n) is 2.23. The van der Waals surface area contributed by atoms with Gasteiger partial charge < -0.3 is 11.1 Å². The normalized spacial score (nSPS) is 20.1. The lowest BCUT2D eigenvalue weighted by Crippen LogP contribution is -2.33. The Kier molecular flexibility index (Phi) is 3.99. The van der Waals surface area contributed by atoms with Crippen molar-refractivity contribution in [2.24, 2.45) is 5.73 Å². The number of benzene rings is 1. The Balaban J connectivity index is 1.89. The van der Waals surface area contributed by atoms with Crippen molar-refractivity contribution in [3.8, 4) is 0 Å². The molecule has 1 saturated heterocycles. The van der Waals surface area contributed by atoms with E-state index in [2.05, 4.69) is 17.1 Å². The van der Waals surface area contributed by atoms with E-state index in [1.807, 2.05) is 25.1 Å². The molecule has 2 rings (SSSR count). The molecule has 1 aromatic rings. The molecule has 0 radical (unpaired) electrons. The fraction of sp³-hybridized carbons (Fsp3) is 0.500. The average molecular weight is 247 g/mol. The number of nitrogens with two attached hydrogens (primary N) is 1. The van der Waals surface area contributed by atoms with Crippen LogP contribution in [0.4, 0.5) is 5.69 Å². The second-order valence-electron chi connectivity index (χ2n) is 5.13. The summed E-state index contributed by atoms with van der Waals surface area (Å²) in [7, 11) is 0. The van der Waals surface area contributed by atoms with E-state index in [0.717, 1.165) is 25.2 Å². The van der Waals surface area contributed by atoms with Crippen LogP contribution in [0.3, 0.4) is 0 Å². The van der Waals surface area contributed by atoms with E-state index < -0.39 is 0 Å². The van der Waals surface area contributed by atoms with Crippen molar-refractivity contribution in [2.75, 3.05) is 25.0 Å². The van der Waals surface area contributed by atoms with E-state index in [1.165, 1.54) is 11.1 Å². The summed E-state index contributed by atoms with van der Waals surface area (Å²) in [5.41, 5.74) is 9.11. The number of hydrogen-bond donors (Lipinski definition) is 2. The Labute approximate surface area is 108 Å². The molecule has 1 aromatic carbocycles. The van der Waals surface area contributed by atoms with E-state index in [-0.39, 0.29) is 11.9 Å². The van der Waals surface area contributed by atoms with Crippen LogP contribution < -0.4 is 11.1 Å². The molecule has 0 spiro atoms. The maximum absolute atomic E-state index is 11.9. The zero-order valence-electron chi connectivity index (χ0n) is 11.1. The van der Waals surface area contributed by atoms with Gasteiger partial charge in [-0.15, -0.1) is 0 Å². The van der Waals surface area contributed by atoms with Crippen LogP contribution in [0.1, 0.15) is 17.5 Å². The van der Waals surface area contributed by atoms with Crippen molar-refractivity contribution in [1.82, 2.24) is 4.90 Å². The number of nitrogens with one attached hydrogen (secondary N) is 1. The van der Waals surface area contributed by atoms with Gasteiger partial charge in [-0.2, -0.15) is 0 Å². The summed E-state index contributed by atoms with van der Waals surface area (Å²) in [4.78, 5) is 14.0. The van der Waals surface area contributed by atoms with E-state index in [0.29, 0.717) is 6.54 Å². The van der Waals surface area contributed by atoms with Crippen molar-refractivity contribution in [2.45, 2.75) is 26.3 Å². The van der Waals surface area contributed by atoms with Gasteiger partial charge in [0.05, 0.1) is 6.54 Å². The minimum Gasteiger partial charge on any atom is -0.326 e. The Morgan fingerprint density at radius 2 is 2.22 bits per heavy atom. The molecule has 1 aliphatic rings. The zero-order chi connectivity index (χ0) is 13.1. The highest BCUT2D eigenvalue weighted by molar-refractivity contribution is 5.92. The molecule has 0 aromatic heterocycles. The Hall–Kier alpha value is -1.39. The van der Waals surface area contributed by atoms with Crippen LogP contribution in [0.15, 0.2) is 18.2 Å². The first-order valence-corrected chi connectivity index (χ1v) is 6.39. The number of nitrogens with zero attached hydrogens (tertiary/aromatic N) is 1. The standard InChI is InChI=1S/C14H21N3O/c1-10-3-4-13(7-11(10)2)16-14(18)9-17-6-5-12(15)8-17/h3-4,7,12H,5-6,8-9,15H2,1-2H3,(H,16,18). The molecule has 1 heterocycles. The molecule has 1 fully saturated rings. The van der Waals surface area contributed by atoms with Gasteiger partial charge >= 0.3 is 0 Å². The summed E-state index contributed by atoms with van der Waals surface area (Å²) < 4.78 is 0. The zero-order valence-corrected chi connectivity index (χ0v) is 11.1. The smallest absolute Gasteiger partial charge is 0.238 e. The minimum atomic E-state index is 0.0346. The molecule has 1 atom stereocenters. The summed E-state index contributed by atoms with van der Waals surface area (Å²) in [6, 6.07) is 6.19. The topological polar surface area (TPSA) is 58.4 Å². The number of hydrogen-bond acceptors (Lipinski definition) is 3. The molecule has 98 valence electrons. The predicted octanol–water partition coefficient (Wildman–Crippen LogP) is 1.27. The molecular formula is C14H21N3O. The molecule has 0 bridgehead atoms. The quantitative estimate of drug-likeness (QED) is 0.846. The Morgan fingerprint density at radius 3 is 2.83 bits per heavy atom. The van der Waals surface area contributed by atoms with Crippen molar-refractivity contribution >= 4 is 11.6 Å². The number of aryl methyl sites for hydroxylation is 2. The van der Waals surface area contributed by atoms with Gasteiger partial charge in [0.2, 0.25) is 5.91 Å². The van der Waals surface area contributed by atoms with Crippen molar-refractivity contribution in [1.29, 1.82) is 0 Å². The molecular weight excluding hydrogens is 226 g/mol. The first-order chi connectivity index (χ1) is 8.54. The van der Waals surface area contributed by atoms with Gasteiger partial charge in [-0.3, -0.25) is 9.69 Å². The third-order valence-corrected chi connectivity index (χ3v) is 3.47. The van der Waals surface area contributed by atoms with Crippen LogP contribution in [-0.4, -0.2) is 36.5 Å². The van der Waals surface area contributed by atoms with Gasteiger partial charge in [-0.05, 0) is 43.5 Å². The molecule has 1 amide bonds. The summed E-state index contributed by atoms with van der Waals surface area (Å²) in [5, 5.41) is 2.93. The van der Waals surface area contributed by atoms with Crippen molar-refractivity contribution < 1.29 is 4.79 Å². The molecule has 1 unspecified atom stereocenters. The first-order valence-electron chi connectivity index (χ1n) is 6.39. The monoisotopic (exact) mass is 247 g/mol. The van der Waals surface area contributed by atoms with Gasteiger partial charge in [-0.1, -0.05) is 6.07 Å². The maximum Gasteiger partial charge on any atom is 0.238 e. The molecule has 3 N–H and O–H groups in total. The van der Waals surface area contributed by atoms with Crippen LogP contribution in [0, 0.1) is 13.8 Å². The van der Waals surface area contributed by atoms with Crippen molar-refractivity contribution in [3.05, 3.63) is 29.3 Å². The second kappa shape index (κ2) is 5.50. The van der Waals surface area contributed by atoms with Gasteiger partial charge in [-0.25, -0.2) is 0 Å². The SMILES string of the molecule is Cc1ccc(NC(=O)CN2CCC(N)C2)cc1C. The van der Waals surface area contributed by atoms with E-state index in [4.69, 9.17) is 5.73 Å². The third-order valence-electron chi connectivity index (χ3n) is 3.47. The lowest BCUT2D eigenvalue weighted by atomic mass is 10.1. The minimum absolute atomic E-state index is 0.0346. The van der Waals surface area contributed by atoms with E-state index >= 15 is 0 Å². The Morgan fingerprint density at radius 1 is 1.44 bits per heavy atom. The van der Waals surface area contributed by atoms with Crippen LogP contribution in [0.25, 0.3) is 0 Å². The van der Waals surface area contributed by atoms with E-state index in [9.17, 15) is 4.79 Å². The van der Waals surface area contributed by atoms with Gasteiger partial charge in [0.1, 0.15) is 0 Å².